The molecule has 0 radical (unpaired) electrons. The van der Waals surface area contributed by atoms with Crippen LogP contribution in [0.2, 0.25) is 0 Å². The molecule has 0 bridgehead atoms. The van der Waals surface area contributed by atoms with Gasteiger partial charge in [0.1, 0.15) is 0 Å². The first-order chi connectivity index (χ1) is 11.1. The van der Waals surface area contributed by atoms with Gasteiger partial charge in [0.05, 0.1) is 0 Å². The monoisotopic (exact) mass is 324 g/mol. The van der Waals surface area contributed by atoms with Gasteiger partial charge in [-0.1, -0.05) is 76.9 Å². The zero-order valence-electron chi connectivity index (χ0n) is 17.1. The summed E-state index contributed by atoms with van der Waals surface area (Å²) >= 11 is 0. The topological polar surface area (TPSA) is 0 Å². The summed E-state index contributed by atoms with van der Waals surface area (Å²) in [5, 5.41) is 2.69. The van der Waals surface area contributed by atoms with Crippen LogP contribution in [0.1, 0.15) is 58.2 Å². The van der Waals surface area contributed by atoms with Crippen molar-refractivity contribution in [1.82, 2.24) is 0 Å². The van der Waals surface area contributed by atoms with E-state index in [2.05, 4.69) is 97.0 Å². The zero-order valence-corrected chi connectivity index (χ0v) is 17.1. The average molecular weight is 324 g/mol. The van der Waals surface area contributed by atoms with Crippen molar-refractivity contribution in [3.63, 3.8) is 0 Å². The minimum Gasteiger partial charge on any atom is -0.168 e. The van der Waals surface area contributed by atoms with E-state index in [1.807, 2.05) is 0 Å². The van der Waals surface area contributed by atoms with Crippen molar-refractivity contribution in [2.45, 2.75) is 59.3 Å². The summed E-state index contributed by atoms with van der Waals surface area (Å²) in [6.45, 7) is 16.0. The molecule has 1 heteroatoms. The Morgan fingerprint density at radius 1 is 0.760 bits per heavy atom. The van der Waals surface area contributed by atoms with Crippen LogP contribution in [0.15, 0.2) is 48.5 Å². The number of aryl methyl sites for hydroxylation is 1. The molecule has 3 aromatic carbocycles. The van der Waals surface area contributed by atoms with E-state index in [9.17, 15) is 0 Å². The number of rotatable bonds is 1. The van der Waals surface area contributed by atoms with Crippen LogP contribution in [-0.4, -0.2) is 0 Å². The molecule has 25 heavy (non-hydrogen) atoms. The SMILES string of the molecule is Cc1cc(-c2cc(C(C)(C)C)cc(C(C)(C)C)c2)c2cc[cH-]c2c1.[Li+]. The van der Waals surface area contributed by atoms with E-state index in [-0.39, 0.29) is 29.7 Å². The summed E-state index contributed by atoms with van der Waals surface area (Å²) < 4.78 is 0. The third-order valence-corrected chi connectivity index (χ3v) is 4.87. The fourth-order valence-corrected chi connectivity index (χ4v) is 3.29. The molecule has 0 heterocycles. The minimum absolute atomic E-state index is 0. The van der Waals surface area contributed by atoms with E-state index in [0.717, 1.165) is 0 Å². The van der Waals surface area contributed by atoms with Crippen LogP contribution in [-0.2, 0) is 10.8 Å². The van der Waals surface area contributed by atoms with Crippen LogP contribution in [0.25, 0.3) is 21.9 Å². The first-order valence-corrected chi connectivity index (χ1v) is 8.88. The molecule has 0 spiro atoms. The molecule has 3 aromatic rings. The Morgan fingerprint density at radius 3 is 1.84 bits per heavy atom. The van der Waals surface area contributed by atoms with Gasteiger partial charge in [-0.15, -0.1) is 22.9 Å². The third-order valence-electron chi connectivity index (χ3n) is 4.87. The van der Waals surface area contributed by atoms with Crippen LogP contribution < -0.4 is 18.9 Å². The molecule has 0 atom stereocenters. The van der Waals surface area contributed by atoms with Gasteiger partial charge < -0.3 is 0 Å². The van der Waals surface area contributed by atoms with E-state index in [4.69, 9.17) is 0 Å². The van der Waals surface area contributed by atoms with Crippen molar-refractivity contribution in [3.05, 3.63) is 65.2 Å². The largest absolute Gasteiger partial charge is 1.00 e. The van der Waals surface area contributed by atoms with Gasteiger partial charge in [-0.2, -0.15) is 12.1 Å². The van der Waals surface area contributed by atoms with Crippen molar-refractivity contribution < 1.29 is 18.9 Å². The van der Waals surface area contributed by atoms with Gasteiger partial charge in [0, 0.05) is 0 Å². The number of benzene rings is 2. The second-order valence-corrected chi connectivity index (χ2v) is 9.14. The molecule has 0 unspecified atom stereocenters. The number of hydrogen-bond donors (Lipinski definition) is 0. The van der Waals surface area contributed by atoms with E-state index >= 15 is 0 Å². The molecule has 0 aliphatic heterocycles. The Morgan fingerprint density at radius 2 is 1.32 bits per heavy atom. The summed E-state index contributed by atoms with van der Waals surface area (Å²) in [5.41, 5.74) is 7.12. The molecule has 0 amide bonds. The molecule has 0 nitrogen and oxygen atoms in total. The quantitative estimate of drug-likeness (QED) is 0.466. The van der Waals surface area contributed by atoms with E-state index in [1.54, 1.807) is 0 Å². The minimum atomic E-state index is 0. The first kappa shape index (κ1) is 20.0. The van der Waals surface area contributed by atoms with Gasteiger partial charge in [0.15, 0.2) is 0 Å². The predicted molar refractivity (Wildman–Crippen MR) is 107 cm³/mol. The van der Waals surface area contributed by atoms with E-state index in [0.29, 0.717) is 0 Å². The van der Waals surface area contributed by atoms with Crippen LogP contribution in [0, 0.1) is 6.92 Å². The molecule has 0 aromatic heterocycles. The van der Waals surface area contributed by atoms with Gasteiger partial charge in [-0.3, -0.25) is 0 Å². The van der Waals surface area contributed by atoms with Crippen LogP contribution in [0.4, 0.5) is 0 Å². The second-order valence-electron chi connectivity index (χ2n) is 9.14. The Balaban J connectivity index is 0.00000225. The molecule has 126 valence electrons. The Labute approximate surface area is 165 Å². The molecule has 3 rings (SSSR count). The second kappa shape index (κ2) is 6.75. The van der Waals surface area contributed by atoms with Crippen LogP contribution in [0.3, 0.4) is 0 Å². The maximum absolute atomic E-state index is 2.39. The fourth-order valence-electron chi connectivity index (χ4n) is 3.29. The molecule has 0 aliphatic carbocycles. The van der Waals surface area contributed by atoms with Crippen molar-refractivity contribution in [2.24, 2.45) is 0 Å². The summed E-state index contributed by atoms with van der Waals surface area (Å²) in [5.74, 6) is 0. The fraction of sp³-hybridized carbons (Fsp3) is 0.375. The normalized spacial score (nSPS) is 12.3. The summed E-state index contributed by atoms with van der Waals surface area (Å²) in [6, 6.07) is 18.4. The van der Waals surface area contributed by atoms with Gasteiger partial charge in [0.25, 0.3) is 0 Å². The standard InChI is InChI=1S/C24H29.Li/c1-16-11-17-9-8-10-21(17)22(12-16)18-13-19(23(2,3)4)15-20(14-18)24(5,6)7;/h8-15H,1-7H3;/q-1;+1. The van der Waals surface area contributed by atoms with Gasteiger partial charge in [-0.05, 0) is 34.4 Å². The predicted octanol–water partition coefficient (Wildman–Crippen LogP) is 4.13. The van der Waals surface area contributed by atoms with Crippen molar-refractivity contribution in [2.75, 3.05) is 0 Å². The van der Waals surface area contributed by atoms with Crippen molar-refractivity contribution in [3.8, 4) is 11.1 Å². The molecular formula is C24H29Li. The van der Waals surface area contributed by atoms with Gasteiger partial charge in [-0.25, -0.2) is 0 Å². The molecule has 0 saturated heterocycles. The van der Waals surface area contributed by atoms with Crippen molar-refractivity contribution >= 4 is 10.8 Å². The first-order valence-electron chi connectivity index (χ1n) is 8.88. The maximum atomic E-state index is 2.39. The molecule has 0 aliphatic rings. The smallest absolute Gasteiger partial charge is 0.168 e. The molecule has 0 saturated carbocycles. The Bertz CT molecular complexity index is 850. The number of hydrogen-bond acceptors (Lipinski definition) is 0. The van der Waals surface area contributed by atoms with Crippen LogP contribution >= 0.6 is 0 Å². The summed E-state index contributed by atoms with van der Waals surface area (Å²) in [6.07, 6.45) is 0. The van der Waals surface area contributed by atoms with Gasteiger partial charge in [0.2, 0.25) is 0 Å². The third kappa shape index (κ3) is 4.08. The van der Waals surface area contributed by atoms with E-state index < -0.39 is 0 Å². The number of fused-ring (bicyclic) bond motifs is 1. The van der Waals surface area contributed by atoms with Crippen LogP contribution in [0.5, 0.6) is 0 Å². The molecular weight excluding hydrogens is 295 g/mol. The molecule has 0 fully saturated rings. The molecule has 0 N–H and O–H groups in total. The van der Waals surface area contributed by atoms with E-state index in [1.165, 1.54) is 38.6 Å². The summed E-state index contributed by atoms with van der Waals surface area (Å²) in [7, 11) is 0. The Hall–Kier alpha value is -1.35. The van der Waals surface area contributed by atoms with Crippen molar-refractivity contribution in [1.29, 1.82) is 0 Å². The van der Waals surface area contributed by atoms with Gasteiger partial charge >= 0.3 is 18.9 Å². The average Bonchev–Trinajstić information content (AvgIpc) is 2.92. The summed E-state index contributed by atoms with van der Waals surface area (Å²) in [4.78, 5) is 0. The Kier molecular flexibility index (Phi) is 5.39. The maximum Gasteiger partial charge on any atom is 1.00 e. The zero-order chi connectivity index (χ0) is 17.7.